The maximum atomic E-state index is 12.2. The Kier molecular flexibility index (Phi) is 5.71. The Balaban J connectivity index is 2.15. The first-order valence-corrected chi connectivity index (χ1v) is 9.13. The van der Waals surface area contributed by atoms with Crippen molar-refractivity contribution >= 4 is 21.7 Å². The topological polar surface area (TPSA) is 60.4 Å². The van der Waals surface area contributed by atoms with Crippen LogP contribution >= 0.6 is 0 Å². The van der Waals surface area contributed by atoms with Gasteiger partial charge in [0.15, 0.2) is 15.6 Å². The summed E-state index contributed by atoms with van der Waals surface area (Å²) < 4.78 is 28.4. The number of methoxy groups -OCH3 is 1. The van der Waals surface area contributed by atoms with E-state index in [-0.39, 0.29) is 16.4 Å². The molecule has 4 nitrogen and oxygen atoms in total. The molecular formula is C19H18O4S. The number of benzene rings is 2. The third-order valence-corrected chi connectivity index (χ3v) is 4.43. The molecule has 0 amide bonds. The molecule has 24 heavy (non-hydrogen) atoms. The lowest BCUT2D eigenvalue weighted by Gasteiger charge is -2.07. The molecule has 0 aromatic heterocycles. The highest BCUT2D eigenvalue weighted by atomic mass is 32.2. The minimum absolute atomic E-state index is 0.0644. The van der Waals surface area contributed by atoms with Gasteiger partial charge in [-0.2, -0.15) is 0 Å². The standard InChI is InChI=1S/C19H18O4S/c1-23-18-14-16(12-13-19(18)24(2,21)22)17(20)11-7-6-10-15-8-4-3-5-9-15/h3-14H,1-2H3/b10-6+,11-7+. The molecule has 0 saturated carbocycles. The molecule has 0 saturated heterocycles. The second-order valence-electron chi connectivity index (χ2n) is 5.13. The Morgan fingerprint density at radius 3 is 2.38 bits per heavy atom. The van der Waals surface area contributed by atoms with Crippen molar-refractivity contribution in [1.29, 1.82) is 0 Å². The maximum Gasteiger partial charge on any atom is 0.185 e. The zero-order valence-corrected chi connectivity index (χ0v) is 14.3. The second kappa shape index (κ2) is 7.75. The molecule has 2 aromatic rings. The second-order valence-corrected chi connectivity index (χ2v) is 7.12. The van der Waals surface area contributed by atoms with E-state index in [2.05, 4.69) is 0 Å². The predicted molar refractivity (Wildman–Crippen MR) is 95.1 cm³/mol. The van der Waals surface area contributed by atoms with E-state index in [4.69, 9.17) is 4.74 Å². The van der Waals surface area contributed by atoms with E-state index < -0.39 is 9.84 Å². The van der Waals surface area contributed by atoms with Crippen LogP contribution in [-0.2, 0) is 9.84 Å². The lowest BCUT2D eigenvalue weighted by atomic mass is 10.1. The largest absolute Gasteiger partial charge is 0.495 e. The molecule has 2 rings (SSSR count). The van der Waals surface area contributed by atoms with E-state index in [1.165, 1.54) is 31.4 Å². The van der Waals surface area contributed by atoms with Crippen LogP contribution < -0.4 is 4.74 Å². The number of ether oxygens (including phenoxy) is 1. The molecule has 0 bridgehead atoms. The molecule has 124 valence electrons. The van der Waals surface area contributed by atoms with Crippen LogP contribution in [0.4, 0.5) is 0 Å². The van der Waals surface area contributed by atoms with Crippen molar-refractivity contribution < 1.29 is 17.9 Å². The molecule has 0 atom stereocenters. The fourth-order valence-corrected chi connectivity index (χ4v) is 2.92. The normalized spacial score (nSPS) is 11.9. The Hall–Kier alpha value is -2.66. The summed E-state index contributed by atoms with van der Waals surface area (Å²) in [7, 11) is -2.03. The van der Waals surface area contributed by atoms with Crippen molar-refractivity contribution in [3.05, 3.63) is 77.9 Å². The number of ketones is 1. The van der Waals surface area contributed by atoms with E-state index in [9.17, 15) is 13.2 Å². The fourth-order valence-electron chi connectivity index (χ4n) is 2.10. The zero-order chi connectivity index (χ0) is 17.6. The number of hydrogen-bond acceptors (Lipinski definition) is 4. The first-order valence-electron chi connectivity index (χ1n) is 7.24. The summed E-state index contributed by atoms with van der Waals surface area (Å²) in [5.74, 6) is -0.0670. The van der Waals surface area contributed by atoms with E-state index in [1.54, 1.807) is 12.2 Å². The molecule has 0 aliphatic rings. The fraction of sp³-hybridized carbons (Fsp3) is 0.105. The van der Waals surface area contributed by atoms with Gasteiger partial charge in [-0.3, -0.25) is 4.79 Å². The number of rotatable bonds is 6. The van der Waals surface area contributed by atoms with Gasteiger partial charge in [0.25, 0.3) is 0 Å². The molecule has 0 unspecified atom stereocenters. The Morgan fingerprint density at radius 2 is 1.75 bits per heavy atom. The van der Waals surface area contributed by atoms with Crippen molar-refractivity contribution in [2.45, 2.75) is 4.90 Å². The molecule has 0 spiro atoms. The molecule has 0 N–H and O–H groups in total. The van der Waals surface area contributed by atoms with Gasteiger partial charge in [0, 0.05) is 11.8 Å². The summed E-state index contributed by atoms with van der Waals surface area (Å²) in [6, 6.07) is 14.0. The van der Waals surface area contributed by atoms with Gasteiger partial charge >= 0.3 is 0 Å². The highest BCUT2D eigenvalue weighted by Gasteiger charge is 2.15. The van der Waals surface area contributed by atoms with Gasteiger partial charge < -0.3 is 4.74 Å². The molecule has 2 aromatic carbocycles. The van der Waals surface area contributed by atoms with Gasteiger partial charge in [-0.15, -0.1) is 0 Å². The lowest BCUT2D eigenvalue weighted by Crippen LogP contribution is -2.03. The predicted octanol–water partition coefficient (Wildman–Crippen LogP) is 3.55. The van der Waals surface area contributed by atoms with E-state index in [0.29, 0.717) is 5.56 Å². The minimum Gasteiger partial charge on any atom is -0.495 e. The third kappa shape index (κ3) is 4.67. The van der Waals surface area contributed by atoms with Gasteiger partial charge in [-0.25, -0.2) is 8.42 Å². The summed E-state index contributed by atoms with van der Waals surface area (Å²) in [6.07, 6.45) is 7.83. The van der Waals surface area contributed by atoms with Crippen LogP contribution in [-0.4, -0.2) is 27.6 Å². The molecule has 0 aliphatic carbocycles. The van der Waals surface area contributed by atoms with Gasteiger partial charge in [-0.05, 0) is 29.8 Å². The average Bonchev–Trinajstić information content (AvgIpc) is 2.58. The number of allylic oxidation sites excluding steroid dienone is 3. The van der Waals surface area contributed by atoms with Crippen LogP contribution in [0, 0.1) is 0 Å². The van der Waals surface area contributed by atoms with Crippen molar-refractivity contribution in [2.75, 3.05) is 13.4 Å². The maximum absolute atomic E-state index is 12.2. The van der Waals surface area contributed by atoms with Crippen LogP contribution in [0.3, 0.4) is 0 Å². The van der Waals surface area contributed by atoms with Gasteiger partial charge in [-0.1, -0.05) is 48.6 Å². The quantitative estimate of drug-likeness (QED) is 0.458. The van der Waals surface area contributed by atoms with Crippen LogP contribution in [0.1, 0.15) is 15.9 Å². The summed E-state index contributed by atoms with van der Waals surface area (Å²) in [5, 5.41) is 0. The highest BCUT2D eigenvalue weighted by molar-refractivity contribution is 7.90. The molecular weight excluding hydrogens is 324 g/mol. The molecule has 5 heteroatoms. The highest BCUT2D eigenvalue weighted by Crippen LogP contribution is 2.25. The first kappa shape index (κ1) is 17.7. The lowest BCUT2D eigenvalue weighted by molar-refractivity contribution is 0.104. The molecule has 0 aliphatic heterocycles. The van der Waals surface area contributed by atoms with Gasteiger partial charge in [0.1, 0.15) is 10.6 Å². The number of carbonyl (C=O) groups excluding carboxylic acids is 1. The van der Waals surface area contributed by atoms with Crippen molar-refractivity contribution in [3.63, 3.8) is 0 Å². The van der Waals surface area contributed by atoms with Crippen LogP contribution in [0.25, 0.3) is 6.08 Å². The Bertz CT molecular complexity index is 879. The summed E-state index contributed by atoms with van der Waals surface area (Å²) in [4.78, 5) is 12.2. The minimum atomic E-state index is -3.41. The summed E-state index contributed by atoms with van der Waals surface area (Å²) >= 11 is 0. The Morgan fingerprint density at radius 1 is 1.04 bits per heavy atom. The third-order valence-electron chi connectivity index (χ3n) is 3.29. The number of hydrogen-bond donors (Lipinski definition) is 0. The SMILES string of the molecule is COc1cc(C(=O)/C=C/C=C/c2ccccc2)ccc1S(C)(=O)=O. The van der Waals surface area contributed by atoms with Crippen LogP contribution in [0.2, 0.25) is 0 Å². The zero-order valence-electron chi connectivity index (χ0n) is 13.5. The molecule has 0 heterocycles. The van der Waals surface area contributed by atoms with Crippen LogP contribution in [0.5, 0.6) is 5.75 Å². The average molecular weight is 342 g/mol. The summed E-state index contributed by atoms with van der Waals surface area (Å²) in [6.45, 7) is 0. The summed E-state index contributed by atoms with van der Waals surface area (Å²) in [5.41, 5.74) is 1.40. The monoisotopic (exact) mass is 342 g/mol. The van der Waals surface area contributed by atoms with Crippen molar-refractivity contribution in [1.82, 2.24) is 0 Å². The smallest absolute Gasteiger partial charge is 0.185 e. The van der Waals surface area contributed by atoms with Gasteiger partial charge in [0.2, 0.25) is 0 Å². The van der Waals surface area contributed by atoms with E-state index in [0.717, 1.165) is 11.8 Å². The van der Waals surface area contributed by atoms with Crippen molar-refractivity contribution in [2.24, 2.45) is 0 Å². The molecule has 0 radical (unpaired) electrons. The van der Waals surface area contributed by atoms with Gasteiger partial charge in [0.05, 0.1) is 7.11 Å². The van der Waals surface area contributed by atoms with E-state index >= 15 is 0 Å². The number of sulfone groups is 1. The Labute approximate surface area is 142 Å². The molecule has 0 fully saturated rings. The number of carbonyl (C=O) groups is 1. The van der Waals surface area contributed by atoms with Crippen molar-refractivity contribution in [3.8, 4) is 5.75 Å². The van der Waals surface area contributed by atoms with Crippen LogP contribution in [0.15, 0.2) is 71.7 Å². The first-order chi connectivity index (χ1) is 11.4. The van der Waals surface area contributed by atoms with E-state index in [1.807, 2.05) is 36.4 Å².